The summed E-state index contributed by atoms with van der Waals surface area (Å²) in [7, 11) is 0. The number of carbonyl (C=O) groups is 4. The zero-order chi connectivity index (χ0) is 25.8. The van der Waals surface area contributed by atoms with Crippen molar-refractivity contribution in [3.63, 3.8) is 0 Å². The van der Waals surface area contributed by atoms with Gasteiger partial charge in [0, 0.05) is 12.1 Å². The monoisotopic (exact) mass is 488 g/mol. The maximum atomic E-state index is 12.5. The molecule has 3 N–H and O–H groups in total. The lowest BCUT2D eigenvalue weighted by molar-refractivity contribution is -0.145. The molecule has 2 fully saturated rings. The van der Waals surface area contributed by atoms with Crippen molar-refractivity contribution in [1.29, 1.82) is 0 Å². The number of carbonyl (C=O) groups excluding carboxylic acids is 4. The molecule has 9 nitrogen and oxygen atoms in total. The average Bonchev–Trinajstić information content (AvgIpc) is 3.61. The highest BCUT2D eigenvalue weighted by atomic mass is 16.5. The summed E-state index contributed by atoms with van der Waals surface area (Å²) in [6.45, 7) is 2.05. The topological polar surface area (TPSA) is 126 Å². The van der Waals surface area contributed by atoms with Gasteiger partial charge in [0.1, 0.15) is 6.04 Å². The minimum atomic E-state index is -0.867. The molecule has 1 atom stereocenters. The number of esters is 1. The molecule has 2 saturated carbocycles. The maximum Gasteiger partial charge on any atom is 0.328 e. The quantitative estimate of drug-likeness (QED) is 0.199. The molecule has 3 rings (SSSR count). The lowest BCUT2D eigenvalue weighted by Crippen LogP contribution is -2.47. The highest BCUT2D eigenvalue weighted by Crippen LogP contribution is 2.24. The summed E-state index contributed by atoms with van der Waals surface area (Å²) < 4.78 is 5.10. The minimum Gasteiger partial charge on any atom is -0.464 e. The van der Waals surface area contributed by atoms with Crippen LogP contribution in [0, 0.1) is 63.2 Å². The third-order valence-corrected chi connectivity index (χ3v) is 5.15. The van der Waals surface area contributed by atoms with Gasteiger partial charge < -0.3 is 10.1 Å². The number of nitrogens with one attached hydrogen (secondary N) is 3. The molecule has 186 valence electrons. The number of benzene rings is 1. The minimum absolute atomic E-state index is 0.00611. The van der Waals surface area contributed by atoms with Crippen molar-refractivity contribution in [1.82, 2.24) is 16.0 Å². The average molecular weight is 489 g/mol. The largest absolute Gasteiger partial charge is 0.464 e. The van der Waals surface area contributed by atoms with Gasteiger partial charge in [0.15, 0.2) is 0 Å². The third kappa shape index (κ3) is 8.46. The van der Waals surface area contributed by atoms with E-state index >= 15 is 0 Å². The SMILES string of the molecule is CCOC(=O)[C@H](CCCN=C(NC(=O)[C]1[CH][CH][CH][CH]1)NC(=O)[C]1[CH][CH][CH][CH]1)NC(=O)c1ccccc1. The van der Waals surface area contributed by atoms with Crippen molar-refractivity contribution >= 4 is 29.7 Å². The van der Waals surface area contributed by atoms with Crippen LogP contribution in [0.15, 0.2) is 35.3 Å². The number of aliphatic imine (C=N–C) groups is 1. The fraction of sp³-hybridized carbons (Fsp3) is 0.222. The van der Waals surface area contributed by atoms with Crippen LogP contribution in [0.5, 0.6) is 0 Å². The second kappa shape index (κ2) is 14.4. The van der Waals surface area contributed by atoms with Crippen LogP contribution >= 0.6 is 0 Å². The van der Waals surface area contributed by atoms with E-state index in [0.717, 1.165) is 0 Å². The van der Waals surface area contributed by atoms with Crippen molar-refractivity contribution in [3.05, 3.63) is 99.1 Å². The molecule has 0 bridgehead atoms. The molecule has 0 saturated heterocycles. The van der Waals surface area contributed by atoms with Crippen molar-refractivity contribution < 1.29 is 23.9 Å². The summed E-state index contributed by atoms with van der Waals surface area (Å²) in [5, 5.41) is 7.94. The zero-order valence-electron chi connectivity index (χ0n) is 19.9. The molecule has 10 radical (unpaired) electrons. The fourth-order valence-electron chi connectivity index (χ4n) is 3.33. The molecule has 0 heterocycles. The third-order valence-electron chi connectivity index (χ3n) is 5.15. The molecule has 2 aliphatic carbocycles. The van der Waals surface area contributed by atoms with E-state index in [0.29, 0.717) is 23.8 Å². The van der Waals surface area contributed by atoms with Gasteiger partial charge in [-0.1, -0.05) is 18.2 Å². The Bertz CT molecular complexity index is 889. The number of hydrogen-bond acceptors (Lipinski definition) is 6. The van der Waals surface area contributed by atoms with Gasteiger partial charge in [0.25, 0.3) is 5.91 Å². The molecule has 0 aliphatic heterocycles. The molecule has 9 heteroatoms. The molecule has 0 spiro atoms. The van der Waals surface area contributed by atoms with E-state index in [2.05, 4.69) is 20.9 Å². The Kier molecular flexibility index (Phi) is 10.9. The van der Waals surface area contributed by atoms with Gasteiger partial charge >= 0.3 is 5.97 Å². The van der Waals surface area contributed by atoms with E-state index in [-0.39, 0.29) is 31.4 Å². The van der Waals surface area contributed by atoms with Crippen LogP contribution < -0.4 is 16.0 Å². The second-order valence-electron chi connectivity index (χ2n) is 7.77. The number of ether oxygens (including phenoxy) is 1. The highest BCUT2D eigenvalue weighted by Gasteiger charge is 2.29. The van der Waals surface area contributed by atoms with Gasteiger partial charge in [-0.05, 0) is 83.3 Å². The summed E-state index contributed by atoms with van der Waals surface area (Å²) in [6, 6.07) is 7.70. The molecule has 3 amide bonds. The molecule has 0 unspecified atom stereocenters. The number of hydrogen-bond donors (Lipinski definition) is 3. The summed E-state index contributed by atoms with van der Waals surface area (Å²) in [5.74, 6) is -0.912. The number of guanidine groups is 1. The van der Waals surface area contributed by atoms with Crippen molar-refractivity contribution in [3.8, 4) is 0 Å². The Labute approximate surface area is 212 Å². The van der Waals surface area contributed by atoms with Crippen LogP contribution in [0.2, 0.25) is 0 Å². The van der Waals surface area contributed by atoms with Gasteiger partial charge in [0.05, 0.1) is 18.4 Å². The normalized spacial score (nSPS) is 16.7. The number of nitrogens with zero attached hydrogens (tertiary/aromatic N) is 1. The van der Waals surface area contributed by atoms with E-state index in [4.69, 9.17) is 4.74 Å². The summed E-state index contributed by atoms with van der Waals surface area (Å²) in [4.78, 5) is 54.2. The van der Waals surface area contributed by atoms with Gasteiger partial charge in [0.2, 0.25) is 17.8 Å². The van der Waals surface area contributed by atoms with Gasteiger partial charge in [-0.2, -0.15) is 0 Å². The Hall–Kier alpha value is -3.23. The Balaban J connectivity index is 1.59. The van der Waals surface area contributed by atoms with Crippen LogP contribution in [0.1, 0.15) is 30.1 Å². The predicted molar refractivity (Wildman–Crippen MR) is 133 cm³/mol. The predicted octanol–water partition coefficient (Wildman–Crippen LogP) is 1.53. The smallest absolute Gasteiger partial charge is 0.328 e. The zero-order valence-corrected chi connectivity index (χ0v) is 19.9. The molecular weight excluding hydrogens is 460 g/mol. The van der Waals surface area contributed by atoms with Crippen molar-refractivity contribution in [2.75, 3.05) is 13.2 Å². The van der Waals surface area contributed by atoms with Gasteiger partial charge in [-0.25, -0.2) is 4.79 Å². The van der Waals surface area contributed by atoms with E-state index in [1.807, 2.05) is 0 Å². The molecule has 36 heavy (non-hydrogen) atoms. The summed E-state index contributed by atoms with van der Waals surface area (Å²) in [5.41, 5.74) is 0.428. The first kappa shape index (κ1) is 27.4. The summed E-state index contributed by atoms with van der Waals surface area (Å²) in [6.07, 6.45) is 14.1. The molecule has 1 aromatic carbocycles. The Morgan fingerprint density at radius 3 is 1.92 bits per heavy atom. The summed E-state index contributed by atoms with van der Waals surface area (Å²) >= 11 is 0. The van der Waals surface area contributed by atoms with E-state index in [1.165, 1.54) is 0 Å². The van der Waals surface area contributed by atoms with Crippen LogP contribution in [0.3, 0.4) is 0 Å². The first-order valence-corrected chi connectivity index (χ1v) is 11.6. The van der Waals surface area contributed by atoms with Crippen molar-refractivity contribution in [2.24, 2.45) is 4.99 Å². The fourth-order valence-corrected chi connectivity index (χ4v) is 3.33. The molecule has 0 aromatic heterocycles. The standard InChI is InChI=1S/C27H28N4O5/c1-2-36-26(35)22(29-23(32)19-11-4-3-5-12-19)17-10-18-28-27(30-24(33)20-13-6-7-14-20)31-25(34)21-15-8-9-16-21/h3-9,11-16,22H,2,10,17-18H2,1H3,(H,29,32)(H2,28,30,31,33,34)/t22-/m0/s1. The van der Waals surface area contributed by atoms with Crippen molar-refractivity contribution in [2.45, 2.75) is 25.8 Å². The molecule has 1 aromatic rings. The number of rotatable bonds is 10. The first-order valence-electron chi connectivity index (χ1n) is 11.6. The van der Waals surface area contributed by atoms with Gasteiger partial charge in [-0.15, -0.1) is 0 Å². The number of amides is 3. The molecular formula is C27H28N4O5. The lowest BCUT2D eigenvalue weighted by Gasteiger charge is -2.17. The van der Waals surface area contributed by atoms with Crippen LogP contribution in [-0.2, 0) is 19.1 Å². The molecule has 2 aliphatic rings. The van der Waals surface area contributed by atoms with E-state index in [9.17, 15) is 19.2 Å². The second-order valence-corrected chi connectivity index (χ2v) is 7.77. The maximum absolute atomic E-state index is 12.5. The Morgan fingerprint density at radius 2 is 1.39 bits per heavy atom. The van der Waals surface area contributed by atoms with Crippen LogP contribution in [0.4, 0.5) is 0 Å². The van der Waals surface area contributed by atoms with E-state index < -0.39 is 23.8 Å². The first-order chi connectivity index (χ1) is 17.5. The van der Waals surface area contributed by atoms with Crippen LogP contribution in [-0.4, -0.2) is 48.8 Å². The Morgan fingerprint density at radius 1 is 0.833 bits per heavy atom. The van der Waals surface area contributed by atoms with Crippen LogP contribution in [0.25, 0.3) is 0 Å². The van der Waals surface area contributed by atoms with Gasteiger partial charge in [-0.3, -0.25) is 30.0 Å². The highest BCUT2D eigenvalue weighted by molar-refractivity contribution is 6.13. The van der Waals surface area contributed by atoms with E-state index in [1.54, 1.807) is 88.6 Å². The lowest BCUT2D eigenvalue weighted by atomic mass is 10.1.